The average molecular weight is 267 g/mol. The second-order valence-electron chi connectivity index (χ2n) is 4.48. The Kier molecular flexibility index (Phi) is 3.54. The quantitative estimate of drug-likeness (QED) is 0.893. The van der Waals surface area contributed by atoms with Gasteiger partial charge in [-0.3, -0.25) is 0 Å². The predicted octanol–water partition coefficient (Wildman–Crippen LogP) is 2.47. The summed E-state index contributed by atoms with van der Waals surface area (Å²) in [5.74, 6) is 4.73. The Balaban J connectivity index is 1.78. The van der Waals surface area contributed by atoms with Gasteiger partial charge >= 0.3 is 0 Å². The largest absolute Gasteiger partial charge is 0.493 e. The van der Waals surface area contributed by atoms with Gasteiger partial charge in [-0.05, 0) is 17.2 Å². The van der Waals surface area contributed by atoms with Gasteiger partial charge in [0.25, 0.3) is 0 Å². The SMILES string of the molecule is NC(c1ccc2c(c1)CCO2)C1CSCCS1. The van der Waals surface area contributed by atoms with Crippen LogP contribution in [0.2, 0.25) is 0 Å². The van der Waals surface area contributed by atoms with E-state index in [9.17, 15) is 0 Å². The minimum Gasteiger partial charge on any atom is -0.493 e. The van der Waals surface area contributed by atoms with Gasteiger partial charge in [-0.1, -0.05) is 12.1 Å². The summed E-state index contributed by atoms with van der Waals surface area (Å²) < 4.78 is 5.53. The summed E-state index contributed by atoms with van der Waals surface area (Å²) >= 11 is 4.05. The zero-order valence-electron chi connectivity index (χ0n) is 9.72. The topological polar surface area (TPSA) is 35.2 Å². The van der Waals surface area contributed by atoms with E-state index in [1.54, 1.807) is 0 Å². The van der Waals surface area contributed by atoms with Crippen molar-refractivity contribution in [2.45, 2.75) is 17.7 Å². The molecule has 4 heteroatoms. The van der Waals surface area contributed by atoms with Gasteiger partial charge < -0.3 is 10.5 Å². The van der Waals surface area contributed by atoms with Gasteiger partial charge in [-0.25, -0.2) is 0 Å². The van der Waals surface area contributed by atoms with Gasteiger partial charge in [0.15, 0.2) is 0 Å². The van der Waals surface area contributed by atoms with E-state index in [1.165, 1.54) is 28.4 Å². The van der Waals surface area contributed by atoms with Crippen LogP contribution in [0.1, 0.15) is 17.2 Å². The van der Waals surface area contributed by atoms with E-state index in [4.69, 9.17) is 10.5 Å². The maximum absolute atomic E-state index is 6.39. The molecular weight excluding hydrogens is 250 g/mol. The van der Waals surface area contributed by atoms with Crippen LogP contribution in [0.5, 0.6) is 5.75 Å². The summed E-state index contributed by atoms with van der Waals surface area (Å²) in [5.41, 5.74) is 8.99. The number of rotatable bonds is 2. The lowest BCUT2D eigenvalue weighted by Crippen LogP contribution is -2.28. The second kappa shape index (κ2) is 5.12. The van der Waals surface area contributed by atoms with Crippen molar-refractivity contribution in [1.82, 2.24) is 0 Å². The Labute approximate surface area is 111 Å². The standard InChI is InChI=1S/C13H17NOS2/c14-13(12-8-16-5-6-17-12)10-1-2-11-9(7-10)3-4-15-11/h1-2,7,12-13H,3-6,8,14H2. The molecule has 17 heavy (non-hydrogen) atoms. The molecule has 92 valence electrons. The van der Waals surface area contributed by atoms with Crippen LogP contribution in [0.3, 0.4) is 0 Å². The molecule has 2 nitrogen and oxygen atoms in total. The van der Waals surface area contributed by atoms with E-state index in [0.29, 0.717) is 5.25 Å². The molecule has 1 aromatic carbocycles. The van der Waals surface area contributed by atoms with Crippen LogP contribution in [0.25, 0.3) is 0 Å². The van der Waals surface area contributed by atoms with Crippen molar-refractivity contribution in [3.63, 3.8) is 0 Å². The fourth-order valence-corrected chi connectivity index (χ4v) is 5.15. The highest BCUT2D eigenvalue weighted by atomic mass is 32.2. The highest BCUT2D eigenvalue weighted by molar-refractivity contribution is 8.06. The summed E-state index contributed by atoms with van der Waals surface area (Å²) in [5, 5.41) is 0.564. The Morgan fingerprint density at radius 2 is 2.29 bits per heavy atom. The van der Waals surface area contributed by atoms with Crippen LogP contribution >= 0.6 is 23.5 Å². The van der Waals surface area contributed by atoms with Gasteiger partial charge in [0.2, 0.25) is 0 Å². The van der Waals surface area contributed by atoms with Gasteiger partial charge in [-0.2, -0.15) is 23.5 Å². The molecule has 2 atom stereocenters. The fraction of sp³-hybridized carbons (Fsp3) is 0.538. The van der Waals surface area contributed by atoms with Crippen LogP contribution in [0.4, 0.5) is 0 Å². The van der Waals surface area contributed by atoms with E-state index in [2.05, 4.69) is 18.2 Å². The lowest BCUT2D eigenvalue weighted by molar-refractivity contribution is 0.357. The number of benzene rings is 1. The van der Waals surface area contributed by atoms with E-state index in [-0.39, 0.29) is 6.04 Å². The molecule has 0 aliphatic carbocycles. The molecule has 0 spiro atoms. The minimum atomic E-state index is 0.165. The summed E-state index contributed by atoms with van der Waals surface area (Å²) in [6.07, 6.45) is 1.03. The fourth-order valence-electron chi connectivity index (χ4n) is 2.34. The minimum absolute atomic E-state index is 0.165. The third-order valence-electron chi connectivity index (χ3n) is 3.34. The molecule has 1 saturated heterocycles. The number of fused-ring (bicyclic) bond motifs is 1. The van der Waals surface area contributed by atoms with E-state index in [0.717, 1.165) is 18.8 Å². The number of hydrogen-bond donors (Lipinski definition) is 1. The molecule has 0 aromatic heterocycles. The molecule has 2 aliphatic heterocycles. The van der Waals surface area contributed by atoms with Crippen molar-refractivity contribution in [2.75, 3.05) is 23.9 Å². The lowest BCUT2D eigenvalue weighted by atomic mass is 10.0. The van der Waals surface area contributed by atoms with E-state index < -0.39 is 0 Å². The third-order valence-corrected chi connectivity index (χ3v) is 6.23. The number of nitrogens with two attached hydrogens (primary N) is 1. The third kappa shape index (κ3) is 2.44. The molecular formula is C13H17NOS2. The summed E-state index contributed by atoms with van der Waals surface area (Å²) in [6.45, 7) is 0.821. The maximum atomic E-state index is 6.39. The van der Waals surface area contributed by atoms with Gasteiger partial charge in [-0.15, -0.1) is 0 Å². The smallest absolute Gasteiger partial charge is 0.122 e. The van der Waals surface area contributed by atoms with Crippen molar-refractivity contribution in [3.8, 4) is 5.75 Å². The van der Waals surface area contributed by atoms with Crippen LogP contribution < -0.4 is 10.5 Å². The predicted molar refractivity (Wildman–Crippen MR) is 76.1 cm³/mol. The molecule has 1 aromatic rings. The van der Waals surface area contributed by atoms with Crippen LogP contribution in [-0.4, -0.2) is 29.1 Å². The van der Waals surface area contributed by atoms with Crippen molar-refractivity contribution in [2.24, 2.45) is 5.73 Å². The molecule has 2 aliphatic rings. The Hall–Kier alpha value is -0.320. The number of hydrogen-bond acceptors (Lipinski definition) is 4. The number of thioether (sulfide) groups is 2. The number of ether oxygens (including phenoxy) is 1. The first kappa shape index (κ1) is 11.8. The second-order valence-corrected chi connectivity index (χ2v) is 6.97. The molecule has 1 fully saturated rings. The van der Waals surface area contributed by atoms with Crippen molar-refractivity contribution in [3.05, 3.63) is 29.3 Å². The molecule has 0 radical (unpaired) electrons. The van der Waals surface area contributed by atoms with E-state index in [1.807, 2.05) is 23.5 Å². The first-order valence-electron chi connectivity index (χ1n) is 6.05. The monoisotopic (exact) mass is 267 g/mol. The average Bonchev–Trinajstić information content (AvgIpc) is 2.86. The van der Waals surface area contributed by atoms with Gasteiger partial charge in [0.05, 0.1) is 6.61 Å². The van der Waals surface area contributed by atoms with Crippen molar-refractivity contribution < 1.29 is 4.74 Å². The molecule has 2 heterocycles. The van der Waals surface area contributed by atoms with Crippen LogP contribution in [-0.2, 0) is 6.42 Å². The van der Waals surface area contributed by atoms with Gasteiger partial charge in [0, 0.05) is 35.0 Å². The maximum Gasteiger partial charge on any atom is 0.122 e. The van der Waals surface area contributed by atoms with Crippen LogP contribution in [0.15, 0.2) is 18.2 Å². The molecule has 2 unspecified atom stereocenters. The lowest BCUT2D eigenvalue weighted by Gasteiger charge is -2.27. The Morgan fingerprint density at radius 1 is 1.35 bits per heavy atom. The molecule has 0 amide bonds. The summed E-state index contributed by atoms with van der Waals surface area (Å²) in [7, 11) is 0. The van der Waals surface area contributed by atoms with Crippen molar-refractivity contribution in [1.29, 1.82) is 0 Å². The normalized spacial score (nSPS) is 25.1. The zero-order chi connectivity index (χ0) is 11.7. The molecule has 2 N–H and O–H groups in total. The highest BCUT2D eigenvalue weighted by Crippen LogP contribution is 2.34. The first-order valence-corrected chi connectivity index (χ1v) is 8.25. The van der Waals surface area contributed by atoms with Gasteiger partial charge in [0.1, 0.15) is 5.75 Å². The summed E-state index contributed by atoms with van der Waals surface area (Å²) in [6, 6.07) is 6.62. The Morgan fingerprint density at radius 3 is 3.12 bits per heavy atom. The Bertz CT molecular complexity index is 404. The van der Waals surface area contributed by atoms with Crippen molar-refractivity contribution >= 4 is 23.5 Å². The molecule has 0 saturated carbocycles. The molecule has 3 rings (SSSR count). The molecule has 0 bridgehead atoms. The first-order chi connectivity index (χ1) is 8.34. The van der Waals surface area contributed by atoms with E-state index >= 15 is 0 Å². The van der Waals surface area contributed by atoms with Crippen LogP contribution in [0, 0.1) is 0 Å². The summed E-state index contributed by atoms with van der Waals surface area (Å²) in [4.78, 5) is 0. The zero-order valence-corrected chi connectivity index (χ0v) is 11.4. The highest BCUT2D eigenvalue weighted by Gasteiger charge is 2.24.